The first kappa shape index (κ1) is 18.4. The molecule has 23 heavy (non-hydrogen) atoms. The lowest BCUT2D eigenvalue weighted by Gasteiger charge is -2.34. The minimum absolute atomic E-state index is 0.0960. The molecule has 0 radical (unpaired) electrons. The monoisotopic (exact) mass is 343 g/mol. The van der Waals surface area contributed by atoms with Crippen LogP contribution in [-0.4, -0.2) is 46.2 Å². The summed E-state index contributed by atoms with van der Waals surface area (Å²) < 4.78 is 28.7. The predicted molar refractivity (Wildman–Crippen MR) is 90.3 cm³/mol. The first-order valence-electron chi connectivity index (χ1n) is 8.52. The third kappa shape index (κ3) is 4.33. The van der Waals surface area contributed by atoms with Gasteiger partial charge in [0.05, 0.1) is 5.75 Å². The fraction of sp³-hybridized carbons (Fsp3) is 0.812. The van der Waals surface area contributed by atoms with E-state index in [1.807, 2.05) is 20.9 Å². The van der Waals surface area contributed by atoms with Gasteiger partial charge in [-0.2, -0.15) is 0 Å². The Hall–Kier alpha value is -0.920. The van der Waals surface area contributed by atoms with Crippen LogP contribution in [0, 0.1) is 11.8 Å². The summed E-state index contributed by atoms with van der Waals surface area (Å²) in [6.07, 6.45) is 6.10. The van der Waals surface area contributed by atoms with Gasteiger partial charge in [-0.1, -0.05) is 26.7 Å². The van der Waals surface area contributed by atoms with Crippen molar-refractivity contribution in [2.45, 2.75) is 45.6 Å². The Morgan fingerprint density at radius 2 is 2.09 bits per heavy atom. The van der Waals surface area contributed by atoms with E-state index < -0.39 is 16.1 Å². The standard InChI is InChI=1S/C16H29N3O3S/c1-4-13(5-2)12-23(21,22)19-9-6-7-14(11-19)15(20)16-17-8-10-18(16)3/h8,10,13-15,20H,4-7,9,11-12H2,1-3H3. The number of aryl methyl sites for hydroxylation is 1. The maximum atomic E-state index is 12.7. The van der Waals surface area contributed by atoms with E-state index in [0.717, 1.165) is 25.7 Å². The van der Waals surface area contributed by atoms with Gasteiger partial charge in [0.25, 0.3) is 0 Å². The Balaban J connectivity index is 2.07. The van der Waals surface area contributed by atoms with E-state index in [1.54, 1.807) is 21.3 Å². The second-order valence-corrected chi connectivity index (χ2v) is 8.58. The van der Waals surface area contributed by atoms with Gasteiger partial charge in [-0.05, 0) is 18.8 Å². The lowest BCUT2D eigenvalue weighted by atomic mass is 9.93. The zero-order valence-corrected chi connectivity index (χ0v) is 15.2. The molecule has 2 atom stereocenters. The van der Waals surface area contributed by atoms with Gasteiger partial charge in [0.2, 0.25) is 10.0 Å². The van der Waals surface area contributed by atoms with E-state index >= 15 is 0 Å². The highest BCUT2D eigenvalue weighted by atomic mass is 32.2. The molecule has 1 N–H and O–H groups in total. The van der Waals surface area contributed by atoms with Gasteiger partial charge in [-0.25, -0.2) is 17.7 Å². The summed E-state index contributed by atoms with van der Waals surface area (Å²) in [6.45, 7) is 5.02. The summed E-state index contributed by atoms with van der Waals surface area (Å²) in [5, 5.41) is 10.6. The molecule has 132 valence electrons. The molecule has 1 aliphatic heterocycles. The van der Waals surface area contributed by atoms with Crippen LogP contribution in [0.4, 0.5) is 0 Å². The Labute approximate surface area is 139 Å². The third-order valence-electron chi connectivity index (χ3n) is 4.98. The van der Waals surface area contributed by atoms with Crippen LogP contribution in [0.3, 0.4) is 0 Å². The molecule has 0 spiro atoms. The molecule has 2 rings (SSSR count). The van der Waals surface area contributed by atoms with Gasteiger partial charge in [0, 0.05) is 38.4 Å². The molecule has 0 bridgehead atoms. The molecule has 1 aromatic rings. The zero-order valence-electron chi connectivity index (χ0n) is 14.4. The Kier molecular flexibility index (Phi) is 6.22. The van der Waals surface area contributed by atoms with Crippen molar-refractivity contribution in [3.63, 3.8) is 0 Å². The Morgan fingerprint density at radius 1 is 1.39 bits per heavy atom. The average molecular weight is 343 g/mol. The number of sulfonamides is 1. The first-order valence-corrected chi connectivity index (χ1v) is 10.1. The minimum atomic E-state index is -3.26. The smallest absolute Gasteiger partial charge is 0.214 e. The molecule has 1 aromatic heterocycles. The number of hydrogen-bond acceptors (Lipinski definition) is 4. The molecular weight excluding hydrogens is 314 g/mol. The maximum absolute atomic E-state index is 12.7. The highest BCUT2D eigenvalue weighted by molar-refractivity contribution is 7.89. The largest absolute Gasteiger partial charge is 0.385 e. The fourth-order valence-electron chi connectivity index (χ4n) is 3.28. The summed E-state index contributed by atoms with van der Waals surface area (Å²) in [6, 6.07) is 0. The van der Waals surface area contributed by atoms with E-state index in [1.165, 1.54) is 0 Å². The van der Waals surface area contributed by atoms with Crippen LogP contribution in [0.5, 0.6) is 0 Å². The Morgan fingerprint density at radius 3 is 2.65 bits per heavy atom. The molecule has 1 aliphatic rings. The number of nitrogens with zero attached hydrogens (tertiary/aromatic N) is 3. The van der Waals surface area contributed by atoms with Crippen molar-refractivity contribution in [1.82, 2.24) is 13.9 Å². The number of aromatic nitrogens is 2. The second kappa shape index (κ2) is 7.77. The van der Waals surface area contributed by atoms with Crippen molar-refractivity contribution >= 4 is 10.0 Å². The SMILES string of the molecule is CCC(CC)CS(=O)(=O)N1CCCC(C(O)c2nccn2C)C1. The first-order chi connectivity index (χ1) is 10.9. The summed E-state index contributed by atoms with van der Waals surface area (Å²) in [5.41, 5.74) is 0. The fourth-order valence-corrected chi connectivity index (χ4v) is 5.39. The predicted octanol–water partition coefficient (Wildman–Crippen LogP) is 1.93. The quantitative estimate of drug-likeness (QED) is 0.821. The van der Waals surface area contributed by atoms with E-state index in [4.69, 9.17) is 0 Å². The van der Waals surface area contributed by atoms with E-state index in [0.29, 0.717) is 18.9 Å². The lowest BCUT2D eigenvalue weighted by molar-refractivity contribution is 0.0644. The van der Waals surface area contributed by atoms with Crippen LogP contribution in [0.2, 0.25) is 0 Å². The van der Waals surface area contributed by atoms with Crippen molar-refractivity contribution < 1.29 is 13.5 Å². The van der Waals surface area contributed by atoms with Gasteiger partial charge >= 0.3 is 0 Å². The van der Waals surface area contributed by atoms with Crippen LogP contribution in [0.1, 0.15) is 51.5 Å². The Bertz CT molecular complexity index is 595. The number of aliphatic hydroxyl groups is 1. The van der Waals surface area contributed by atoms with Crippen molar-refractivity contribution in [2.75, 3.05) is 18.8 Å². The average Bonchev–Trinajstić information content (AvgIpc) is 2.98. The summed E-state index contributed by atoms with van der Waals surface area (Å²) in [7, 11) is -1.41. The lowest BCUT2D eigenvalue weighted by Crippen LogP contribution is -2.43. The van der Waals surface area contributed by atoms with E-state index in [-0.39, 0.29) is 17.6 Å². The van der Waals surface area contributed by atoms with Crippen molar-refractivity contribution in [3.05, 3.63) is 18.2 Å². The van der Waals surface area contributed by atoms with Gasteiger partial charge in [0.15, 0.2) is 0 Å². The number of piperidine rings is 1. The van der Waals surface area contributed by atoms with Gasteiger partial charge in [-0.3, -0.25) is 0 Å². The number of rotatable bonds is 7. The zero-order chi connectivity index (χ0) is 17.0. The molecule has 0 saturated carbocycles. The molecular formula is C16H29N3O3S. The topological polar surface area (TPSA) is 75.4 Å². The van der Waals surface area contributed by atoms with Crippen LogP contribution >= 0.6 is 0 Å². The van der Waals surface area contributed by atoms with Crippen LogP contribution in [0.15, 0.2) is 12.4 Å². The number of aliphatic hydroxyl groups excluding tert-OH is 1. The number of imidazole rings is 1. The third-order valence-corrected chi connectivity index (χ3v) is 7.00. The summed E-state index contributed by atoms with van der Waals surface area (Å²) >= 11 is 0. The number of hydrogen-bond donors (Lipinski definition) is 1. The molecule has 2 unspecified atom stereocenters. The molecule has 0 aromatic carbocycles. The molecule has 0 aliphatic carbocycles. The molecule has 1 fully saturated rings. The van der Waals surface area contributed by atoms with Crippen LogP contribution < -0.4 is 0 Å². The van der Waals surface area contributed by atoms with Crippen LogP contribution in [0.25, 0.3) is 0 Å². The van der Waals surface area contributed by atoms with E-state index in [2.05, 4.69) is 4.98 Å². The normalized spacial score (nSPS) is 21.7. The van der Waals surface area contributed by atoms with Crippen molar-refractivity contribution in [2.24, 2.45) is 18.9 Å². The van der Waals surface area contributed by atoms with Gasteiger partial charge in [-0.15, -0.1) is 0 Å². The minimum Gasteiger partial charge on any atom is -0.385 e. The maximum Gasteiger partial charge on any atom is 0.214 e. The molecule has 0 amide bonds. The van der Waals surface area contributed by atoms with Crippen molar-refractivity contribution in [1.29, 1.82) is 0 Å². The summed E-state index contributed by atoms with van der Waals surface area (Å²) in [5.74, 6) is 0.931. The van der Waals surface area contributed by atoms with Gasteiger partial charge in [0.1, 0.15) is 11.9 Å². The van der Waals surface area contributed by atoms with Crippen molar-refractivity contribution in [3.8, 4) is 0 Å². The summed E-state index contributed by atoms with van der Waals surface area (Å²) in [4.78, 5) is 4.20. The highest BCUT2D eigenvalue weighted by Crippen LogP contribution is 2.30. The second-order valence-electron chi connectivity index (χ2n) is 6.56. The molecule has 1 saturated heterocycles. The van der Waals surface area contributed by atoms with E-state index in [9.17, 15) is 13.5 Å². The molecule has 6 nitrogen and oxygen atoms in total. The molecule has 7 heteroatoms. The van der Waals surface area contributed by atoms with Crippen LogP contribution in [-0.2, 0) is 17.1 Å². The highest BCUT2D eigenvalue weighted by Gasteiger charge is 2.34. The molecule has 2 heterocycles. The van der Waals surface area contributed by atoms with Gasteiger partial charge < -0.3 is 9.67 Å².